The van der Waals surface area contributed by atoms with Crippen LogP contribution >= 0.6 is 22.9 Å². The molecular weight excluding hydrogens is 266 g/mol. The van der Waals surface area contributed by atoms with Crippen molar-refractivity contribution in [3.63, 3.8) is 0 Å². The van der Waals surface area contributed by atoms with Gasteiger partial charge in [-0.2, -0.15) is 0 Å². The van der Waals surface area contributed by atoms with Crippen LogP contribution in [0.4, 0.5) is 0 Å². The van der Waals surface area contributed by atoms with E-state index in [9.17, 15) is 0 Å². The molecule has 0 bridgehead atoms. The fraction of sp³-hybridized carbons (Fsp3) is 0.636. The van der Waals surface area contributed by atoms with Crippen molar-refractivity contribution in [3.8, 4) is 9.88 Å². The van der Waals surface area contributed by atoms with Crippen molar-refractivity contribution in [2.45, 2.75) is 39.7 Å². The van der Waals surface area contributed by atoms with E-state index in [4.69, 9.17) is 0 Å². The largest absolute Gasteiger partial charge is 0.310 e. The molecule has 0 atom stereocenters. The predicted molar refractivity (Wildman–Crippen MR) is 74.9 cm³/mol. The van der Waals surface area contributed by atoms with Crippen LogP contribution in [0.15, 0.2) is 0 Å². The molecule has 0 unspecified atom stereocenters. The number of hydrogen-bond donors (Lipinski definition) is 1. The monoisotopic (exact) mass is 283 g/mol. The maximum atomic E-state index is 4.24. The highest BCUT2D eigenvalue weighted by Gasteiger charge is 2.17. The van der Waals surface area contributed by atoms with Crippen LogP contribution in [0.1, 0.15) is 43.8 Å². The molecule has 5 nitrogen and oxygen atoms in total. The molecule has 0 aliphatic rings. The van der Waals surface area contributed by atoms with Gasteiger partial charge in [0.1, 0.15) is 9.88 Å². The normalized spacial score (nSPS) is 11.3. The first kappa shape index (κ1) is 13.5. The maximum absolute atomic E-state index is 4.24. The van der Waals surface area contributed by atoms with Gasteiger partial charge in [-0.1, -0.05) is 36.6 Å². The second-order valence-electron chi connectivity index (χ2n) is 4.32. The van der Waals surface area contributed by atoms with E-state index in [0.717, 1.165) is 40.1 Å². The summed E-state index contributed by atoms with van der Waals surface area (Å²) in [7, 11) is 0. The summed E-state index contributed by atoms with van der Waals surface area (Å²) >= 11 is 3.02. The summed E-state index contributed by atoms with van der Waals surface area (Å²) in [5.41, 5.74) is 1.02. The highest BCUT2D eigenvalue weighted by atomic mass is 32.1. The number of hydrogen-bond acceptors (Lipinski definition) is 7. The first-order chi connectivity index (χ1) is 8.72. The first-order valence-electron chi connectivity index (χ1n) is 6.08. The molecule has 18 heavy (non-hydrogen) atoms. The predicted octanol–water partition coefficient (Wildman–Crippen LogP) is 2.68. The molecule has 2 aromatic rings. The molecule has 7 heteroatoms. The zero-order chi connectivity index (χ0) is 13.0. The lowest BCUT2D eigenvalue weighted by Gasteiger charge is -1.99. The first-order valence-corrected chi connectivity index (χ1v) is 7.67. The van der Waals surface area contributed by atoms with Crippen molar-refractivity contribution < 1.29 is 0 Å². The Morgan fingerprint density at radius 2 is 2.06 bits per heavy atom. The van der Waals surface area contributed by atoms with Crippen LogP contribution in [-0.4, -0.2) is 26.3 Å². The van der Waals surface area contributed by atoms with Gasteiger partial charge in [0.25, 0.3) is 0 Å². The Morgan fingerprint density at radius 1 is 1.22 bits per heavy atom. The van der Waals surface area contributed by atoms with E-state index in [1.165, 1.54) is 11.5 Å². The second kappa shape index (κ2) is 6.31. The molecule has 0 saturated carbocycles. The topological polar surface area (TPSA) is 63.6 Å². The van der Waals surface area contributed by atoms with Crippen LogP contribution in [-0.2, 0) is 6.54 Å². The van der Waals surface area contributed by atoms with Crippen molar-refractivity contribution in [2.24, 2.45) is 0 Å². The van der Waals surface area contributed by atoms with Gasteiger partial charge in [0.2, 0.25) is 0 Å². The van der Waals surface area contributed by atoms with Crippen molar-refractivity contribution in [1.82, 2.24) is 25.1 Å². The molecule has 2 rings (SSSR count). The third kappa shape index (κ3) is 3.09. The SMILES string of the molecule is CCCNCc1nnc(-c2snnc2C(C)C)s1. The lowest BCUT2D eigenvalue weighted by atomic mass is 10.1. The highest BCUT2D eigenvalue weighted by Crippen LogP contribution is 2.32. The Morgan fingerprint density at radius 3 is 2.78 bits per heavy atom. The average Bonchev–Trinajstić information content (AvgIpc) is 2.96. The molecule has 0 aromatic carbocycles. The van der Waals surface area contributed by atoms with Gasteiger partial charge in [-0.3, -0.25) is 0 Å². The quantitative estimate of drug-likeness (QED) is 0.826. The van der Waals surface area contributed by atoms with E-state index in [1.807, 2.05) is 0 Å². The molecular formula is C11H17N5S2. The zero-order valence-corrected chi connectivity index (χ0v) is 12.4. The number of aromatic nitrogens is 4. The second-order valence-corrected chi connectivity index (χ2v) is 6.14. The zero-order valence-electron chi connectivity index (χ0n) is 10.8. The smallest absolute Gasteiger partial charge is 0.161 e. The Kier molecular flexibility index (Phi) is 4.73. The molecule has 0 amide bonds. The molecule has 0 radical (unpaired) electrons. The summed E-state index contributed by atoms with van der Waals surface area (Å²) in [6.45, 7) is 8.18. The van der Waals surface area contributed by atoms with E-state index in [0.29, 0.717) is 5.92 Å². The van der Waals surface area contributed by atoms with Gasteiger partial charge in [0.05, 0.1) is 5.69 Å². The van der Waals surface area contributed by atoms with Crippen LogP contribution in [0, 0.1) is 0 Å². The van der Waals surface area contributed by atoms with Crippen molar-refractivity contribution in [1.29, 1.82) is 0 Å². The van der Waals surface area contributed by atoms with E-state index in [2.05, 4.69) is 45.9 Å². The summed E-state index contributed by atoms with van der Waals surface area (Å²) in [5.74, 6) is 0.365. The maximum Gasteiger partial charge on any atom is 0.161 e. The number of rotatable bonds is 6. The van der Waals surface area contributed by atoms with Crippen LogP contribution in [0.3, 0.4) is 0 Å². The van der Waals surface area contributed by atoms with E-state index < -0.39 is 0 Å². The standard InChI is InChI=1S/C11H17N5S2/c1-4-5-12-6-8-13-15-11(17-8)10-9(7(2)3)14-16-18-10/h7,12H,4-6H2,1-3H3. The van der Waals surface area contributed by atoms with E-state index in [1.54, 1.807) is 11.3 Å². The summed E-state index contributed by atoms with van der Waals surface area (Å²) in [6.07, 6.45) is 1.13. The van der Waals surface area contributed by atoms with E-state index >= 15 is 0 Å². The fourth-order valence-electron chi connectivity index (χ4n) is 1.51. The van der Waals surface area contributed by atoms with Crippen LogP contribution in [0.25, 0.3) is 9.88 Å². The Hall–Kier alpha value is -0.920. The fourth-order valence-corrected chi connectivity index (χ4v) is 3.21. The lowest BCUT2D eigenvalue weighted by molar-refractivity contribution is 0.668. The number of nitrogens with zero attached hydrogens (tertiary/aromatic N) is 4. The summed E-state index contributed by atoms with van der Waals surface area (Å²) in [5, 5.41) is 17.9. The summed E-state index contributed by atoms with van der Waals surface area (Å²) in [6, 6.07) is 0. The van der Waals surface area contributed by atoms with Gasteiger partial charge in [-0.25, -0.2) is 0 Å². The van der Waals surface area contributed by atoms with Crippen LogP contribution in [0.5, 0.6) is 0 Å². The molecule has 0 spiro atoms. The molecule has 2 aromatic heterocycles. The van der Waals surface area contributed by atoms with Crippen molar-refractivity contribution in [3.05, 3.63) is 10.7 Å². The van der Waals surface area contributed by atoms with Crippen LogP contribution in [0.2, 0.25) is 0 Å². The minimum Gasteiger partial charge on any atom is -0.310 e. The van der Waals surface area contributed by atoms with Crippen molar-refractivity contribution in [2.75, 3.05) is 6.54 Å². The minimum atomic E-state index is 0.365. The Labute approximate surface area is 115 Å². The van der Waals surface area contributed by atoms with E-state index in [-0.39, 0.29) is 0 Å². The Balaban J connectivity index is 2.11. The van der Waals surface area contributed by atoms with Gasteiger partial charge in [-0.05, 0) is 30.4 Å². The van der Waals surface area contributed by atoms with Gasteiger partial charge in [-0.15, -0.1) is 15.3 Å². The third-order valence-electron chi connectivity index (χ3n) is 2.42. The molecule has 2 heterocycles. The summed E-state index contributed by atoms with van der Waals surface area (Å²) in [4.78, 5) is 1.06. The molecule has 1 N–H and O–H groups in total. The molecule has 0 aliphatic carbocycles. The molecule has 0 aliphatic heterocycles. The van der Waals surface area contributed by atoms with Crippen LogP contribution < -0.4 is 5.32 Å². The van der Waals surface area contributed by atoms with Gasteiger partial charge < -0.3 is 5.32 Å². The molecule has 0 fully saturated rings. The third-order valence-corrected chi connectivity index (χ3v) is 4.24. The van der Waals surface area contributed by atoms with Gasteiger partial charge >= 0.3 is 0 Å². The summed E-state index contributed by atoms with van der Waals surface area (Å²) < 4.78 is 4.02. The molecule has 98 valence electrons. The minimum absolute atomic E-state index is 0.365. The number of nitrogens with one attached hydrogen (secondary N) is 1. The lowest BCUT2D eigenvalue weighted by Crippen LogP contribution is -2.13. The van der Waals surface area contributed by atoms with Gasteiger partial charge in [0, 0.05) is 6.54 Å². The average molecular weight is 283 g/mol. The Bertz CT molecular complexity index is 491. The molecule has 0 saturated heterocycles. The highest BCUT2D eigenvalue weighted by molar-refractivity contribution is 7.19. The van der Waals surface area contributed by atoms with Gasteiger partial charge in [0.15, 0.2) is 5.01 Å². The van der Waals surface area contributed by atoms with Crippen molar-refractivity contribution >= 4 is 22.9 Å².